The summed E-state index contributed by atoms with van der Waals surface area (Å²) < 4.78 is 2.04. The van der Waals surface area contributed by atoms with Gasteiger partial charge in [-0.3, -0.25) is 9.69 Å². The van der Waals surface area contributed by atoms with E-state index in [4.69, 9.17) is 10.1 Å². The Labute approximate surface area is 310 Å². The van der Waals surface area contributed by atoms with Crippen LogP contribution in [0.15, 0.2) is 60.7 Å². The SMILES string of the molecule is Cc1nn2c(N3CCN(CCO)CC3)cc(-c3cccc(CCCCCCCNC(=O)CC4C5CC6CC(C5)CC4C6)c3)nc2c1-c1ccccc1. The average molecular weight is 703 g/mol. The first-order chi connectivity index (χ1) is 25.5. The maximum Gasteiger partial charge on any atom is 0.220 e. The standard InChI is InChI=1S/C44H58N6O2/c1-31-43(35-13-7-5-8-14-35)44-46-40(30-42(50(44)47-31)49-19-17-48(18-20-49)21-22-51)36-15-10-12-32(24-36)11-6-3-2-4-9-16-45-41(52)29-39-37-25-33-23-34(27-37)28-38(39)26-33/h5,7-8,10,12-15,24,30,33-34,37-39,51H,2-4,6,9,11,16-23,25-29H2,1H3,(H,45,52). The van der Waals surface area contributed by atoms with Crippen molar-refractivity contribution >= 4 is 17.4 Å². The van der Waals surface area contributed by atoms with Gasteiger partial charge in [0, 0.05) is 62.9 Å². The Balaban J connectivity index is 0.861. The number of rotatable bonds is 15. The molecule has 1 aliphatic heterocycles. The second-order valence-electron chi connectivity index (χ2n) is 16.5. The van der Waals surface area contributed by atoms with Gasteiger partial charge in [-0.05, 0) is 105 Å². The second-order valence-corrected chi connectivity index (χ2v) is 16.5. The van der Waals surface area contributed by atoms with Crippen molar-refractivity contribution in [2.24, 2.45) is 29.6 Å². The Morgan fingerprint density at radius 3 is 2.29 bits per heavy atom. The number of nitrogens with zero attached hydrogens (tertiary/aromatic N) is 5. The number of benzene rings is 2. The van der Waals surface area contributed by atoms with Crippen LogP contribution >= 0.6 is 0 Å². The predicted octanol–water partition coefficient (Wildman–Crippen LogP) is 7.56. The molecule has 2 aromatic carbocycles. The zero-order valence-electron chi connectivity index (χ0n) is 31.2. The Hall–Kier alpha value is -3.75. The first-order valence-corrected chi connectivity index (χ1v) is 20.4. The number of amides is 1. The van der Waals surface area contributed by atoms with Crippen LogP contribution in [0.4, 0.5) is 5.82 Å². The van der Waals surface area contributed by atoms with Crippen LogP contribution in [0.5, 0.6) is 0 Å². The molecule has 276 valence electrons. The highest BCUT2D eigenvalue weighted by atomic mass is 16.3. The molecule has 0 atom stereocenters. The molecule has 3 heterocycles. The fourth-order valence-electron chi connectivity index (χ4n) is 10.5. The summed E-state index contributed by atoms with van der Waals surface area (Å²) in [5, 5.41) is 17.8. The molecule has 52 heavy (non-hydrogen) atoms. The van der Waals surface area contributed by atoms with Gasteiger partial charge >= 0.3 is 0 Å². The molecule has 0 radical (unpaired) electrons. The van der Waals surface area contributed by atoms with Gasteiger partial charge in [-0.15, -0.1) is 0 Å². The fourth-order valence-corrected chi connectivity index (χ4v) is 10.5. The van der Waals surface area contributed by atoms with Gasteiger partial charge in [-0.1, -0.05) is 67.8 Å². The predicted molar refractivity (Wildman–Crippen MR) is 209 cm³/mol. The number of hydrogen-bond donors (Lipinski definition) is 2. The van der Waals surface area contributed by atoms with Gasteiger partial charge in [0.1, 0.15) is 5.82 Å². The minimum absolute atomic E-state index is 0.194. The lowest BCUT2D eigenvalue weighted by atomic mass is 9.51. The third-order valence-corrected chi connectivity index (χ3v) is 13.0. The summed E-state index contributed by atoms with van der Waals surface area (Å²) in [6, 6.07) is 21.7. The van der Waals surface area contributed by atoms with Crippen molar-refractivity contribution in [3.05, 3.63) is 71.9 Å². The van der Waals surface area contributed by atoms with E-state index < -0.39 is 0 Å². The lowest BCUT2D eigenvalue weighted by molar-refractivity contribution is -0.126. The van der Waals surface area contributed by atoms with Crippen molar-refractivity contribution in [1.82, 2.24) is 24.8 Å². The molecule has 4 saturated carbocycles. The number of aryl methyl sites for hydroxylation is 2. The number of hydrogen-bond acceptors (Lipinski definition) is 6. The maximum absolute atomic E-state index is 12.8. The van der Waals surface area contributed by atoms with Crippen LogP contribution in [0, 0.1) is 36.5 Å². The van der Waals surface area contributed by atoms with Crippen molar-refractivity contribution in [3.63, 3.8) is 0 Å². The van der Waals surface area contributed by atoms with E-state index in [-0.39, 0.29) is 6.61 Å². The average Bonchev–Trinajstić information content (AvgIpc) is 3.50. The number of aliphatic hydroxyl groups is 1. The first kappa shape index (κ1) is 35.3. The summed E-state index contributed by atoms with van der Waals surface area (Å²) in [6.07, 6.45) is 14.7. The van der Waals surface area contributed by atoms with Crippen LogP contribution in [0.3, 0.4) is 0 Å². The molecule has 9 rings (SSSR count). The van der Waals surface area contributed by atoms with Crippen molar-refractivity contribution in [3.8, 4) is 22.4 Å². The van der Waals surface area contributed by atoms with Gasteiger partial charge < -0.3 is 15.3 Å². The van der Waals surface area contributed by atoms with E-state index in [1.165, 1.54) is 56.9 Å². The van der Waals surface area contributed by atoms with Crippen LogP contribution in [0.2, 0.25) is 0 Å². The van der Waals surface area contributed by atoms with Gasteiger partial charge in [-0.25, -0.2) is 4.98 Å². The van der Waals surface area contributed by atoms with Gasteiger partial charge in [0.2, 0.25) is 5.91 Å². The number of aromatic nitrogens is 3. The number of fused-ring (bicyclic) bond motifs is 1. The molecule has 2 aromatic heterocycles. The molecule has 0 unspecified atom stereocenters. The summed E-state index contributed by atoms with van der Waals surface area (Å²) in [4.78, 5) is 22.8. The van der Waals surface area contributed by atoms with Crippen molar-refractivity contribution < 1.29 is 9.90 Å². The molecule has 2 N–H and O–H groups in total. The molecular formula is C44H58N6O2. The molecule has 0 spiro atoms. The van der Waals surface area contributed by atoms with Gasteiger partial charge in [0.05, 0.1) is 18.0 Å². The van der Waals surface area contributed by atoms with Crippen LogP contribution < -0.4 is 10.2 Å². The van der Waals surface area contributed by atoms with Crippen molar-refractivity contribution in [2.75, 3.05) is 50.8 Å². The van der Waals surface area contributed by atoms with Crippen molar-refractivity contribution in [1.29, 1.82) is 0 Å². The number of carbonyl (C=O) groups excluding carboxylic acids is 1. The smallest absolute Gasteiger partial charge is 0.220 e. The summed E-state index contributed by atoms with van der Waals surface area (Å²) >= 11 is 0. The van der Waals surface area contributed by atoms with E-state index in [0.29, 0.717) is 11.8 Å². The summed E-state index contributed by atoms with van der Waals surface area (Å²) in [5.74, 6) is 5.65. The molecule has 5 aliphatic rings. The monoisotopic (exact) mass is 702 g/mol. The van der Waals surface area contributed by atoms with Crippen LogP contribution in [-0.2, 0) is 11.2 Å². The van der Waals surface area contributed by atoms with Crippen molar-refractivity contribution in [2.45, 2.75) is 84.0 Å². The molecule has 1 saturated heterocycles. The Bertz CT molecular complexity index is 1780. The number of unbranched alkanes of at least 4 members (excludes halogenated alkanes) is 4. The highest BCUT2D eigenvalue weighted by molar-refractivity contribution is 5.83. The lowest BCUT2D eigenvalue weighted by Crippen LogP contribution is -2.47. The minimum Gasteiger partial charge on any atom is -0.395 e. The third kappa shape index (κ3) is 7.79. The van der Waals surface area contributed by atoms with Crippen LogP contribution in [0.25, 0.3) is 28.0 Å². The topological polar surface area (TPSA) is 86.0 Å². The number of aliphatic hydroxyl groups excluding tert-OH is 1. The van der Waals surface area contributed by atoms with Gasteiger partial charge in [-0.2, -0.15) is 9.61 Å². The molecule has 1 amide bonds. The van der Waals surface area contributed by atoms with E-state index in [1.807, 2.05) is 4.52 Å². The minimum atomic E-state index is 0.194. The summed E-state index contributed by atoms with van der Waals surface area (Å²) in [6.45, 7) is 7.42. The number of piperazine rings is 1. The van der Waals surface area contributed by atoms with E-state index >= 15 is 0 Å². The Kier molecular flexibility index (Phi) is 10.9. The highest BCUT2D eigenvalue weighted by Crippen LogP contribution is 2.57. The largest absolute Gasteiger partial charge is 0.395 e. The summed E-state index contributed by atoms with van der Waals surface area (Å²) in [7, 11) is 0. The maximum atomic E-state index is 12.8. The van der Waals surface area contributed by atoms with Gasteiger partial charge in [0.15, 0.2) is 5.65 Å². The molecule has 4 aromatic rings. The lowest BCUT2D eigenvalue weighted by Gasteiger charge is -2.54. The normalized spacial score (nSPS) is 24.2. The van der Waals surface area contributed by atoms with Crippen LogP contribution in [-0.4, -0.2) is 76.4 Å². The molecular weight excluding hydrogens is 645 g/mol. The van der Waals surface area contributed by atoms with E-state index in [0.717, 1.165) is 128 Å². The van der Waals surface area contributed by atoms with E-state index in [9.17, 15) is 9.90 Å². The molecule has 4 aliphatic carbocycles. The fraction of sp³-hybridized carbons (Fsp3) is 0.568. The molecule has 5 fully saturated rings. The quantitative estimate of drug-likeness (QED) is 0.125. The Morgan fingerprint density at radius 2 is 1.54 bits per heavy atom. The second kappa shape index (κ2) is 16.1. The molecule has 8 heteroatoms. The Morgan fingerprint density at radius 1 is 0.827 bits per heavy atom. The zero-order valence-corrected chi connectivity index (χ0v) is 31.2. The zero-order chi connectivity index (χ0) is 35.4. The van der Waals surface area contributed by atoms with Crippen LogP contribution in [0.1, 0.15) is 81.9 Å². The van der Waals surface area contributed by atoms with Gasteiger partial charge in [0.25, 0.3) is 0 Å². The number of carbonyl (C=O) groups is 1. The first-order valence-electron chi connectivity index (χ1n) is 20.4. The number of anilines is 1. The number of β-amino-alcohol motifs (C(OH)–C–C–N with tert-alkyl or cyclic N) is 1. The van der Waals surface area contributed by atoms with E-state index in [1.54, 1.807) is 0 Å². The molecule has 4 bridgehead atoms. The molecule has 8 nitrogen and oxygen atoms in total. The highest BCUT2D eigenvalue weighted by Gasteiger charge is 2.48. The van der Waals surface area contributed by atoms with E-state index in [2.05, 4.69) is 82.7 Å². The third-order valence-electron chi connectivity index (χ3n) is 13.0. The summed E-state index contributed by atoms with van der Waals surface area (Å²) in [5.41, 5.74) is 7.55. The number of nitrogens with one attached hydrogen (secondary N) is 1.